The van der Waals surface area contributed by atoms with Crippen LogP contribution in [0.25, 0.3) is 0 Å². The quantitative estimate of drug-likeness (QED) is 0.134. The first-order valence-electron chi connectivity index (χ1n) is 11.9. The molecule has 2 unspecified atom stereocenters. The molecule has 2 atom stereocenters. The Hall–Kier alpha value is 0.508. The van der Waals surface area contributed by atoms with Gasteiger partial charge in [0, 0.05) is 13.2 Å². The molecule has 0 aromatic rings. The molecule has 33 heavy (non-hydrogen) atoms. The van der Waals surface area contributed by atoms with Gasteiger partial charge in [-0.3, -0.25) is 0 Å². The Morgan fingerprint density at radius 3 is 1.21 bits per heavy atom. The van der Waals surface area contributed by atoms with Gasteiger partial charge >= 0.3 is 17.1 Å². The predicted octanol–water partition coefficient (Wildman–Crippen LogP) is 2.37. The zero-order chi connectivity index (χ0) is 25.8. The molecule has 200 valence electrons. The molecule has 0 aliphatic heterocycles. The van der Waals surface area contributed by atoms with Crippen LogP contribution in [0.4, 0.5) is 0 Å². The molecular formula is C20H50O9Si4. The molecule has 0 rings (SSSR count). The highest BCUT2D eigenvalue weighted by atomic mass is 28.5. The summed E-state index contributed by atoms with van der Waals surface area (Å²) in [5.41, 5.74) is 0. The number of hydrogen-bond acceptors (Lipinski definition) is 9. The lowest BCUT2D eigenvalue weighted by Gasteiger charge is -2.41. The van der Waals surface area contributed by atoms with Gasteiger partial charge in [-0.2, -0.15) is 0 Å². The fraction of sp³-hybridized carbons (Fsp3) is 1.00. The van der Waals surface area contributed by atoms with E-state index in [-0.39, 0.29) is 26.4 Å². The smallest absolute Gasteiger partial charge is 0.312 e. The van der Waals surface area contributed by atoms with E-state index >= 15 is 0 Å². The van der Waals surface area contributed by atoms with Crippen molar-refractivity contribution in [2.45, 2.75) is 89.5 Å². The van der Waals surface area contributed by atoms with Crippen molar-refractivity contribution in [3.63, 3.8) is 0 Å². The predicted molar refractivity (Wildman–Crippen MR) is 140 cm³/mol. The summed E-state index contributed by atoms with van der Waals surface area (Å²) < 4.78 is 30.6. The fourth-order valence-electron chi connectivity index (χ4n) is 3.81. The van der Waals surface area contributed by atoms with Crippen molar-refractivity contribution >= 4 is 33.8 Å². The van der Waals surface area contributed by atoms with E-state index in [1.807, 2.05) is 0 Å². The number of ether oxygens (including phenoxy) is 2. The summed E-state index contributed by atoms with van der Waals surface area (Å²) in [7, 11) is -8.71. The van der Waals surface area contributed by atoms with Crippen LogP contribution in [0.2, 0.25) is 64.5 Å². The third-order valence-electron chi connectivity index (χ3n) is 4.71. The largest absolute Gasteiger partial charge is 0.436 e. The Morgan fingerprint density at radius 2 is 0.909 bits per heavy atom. The lowest BCUT2D eigenvalue weighted by atomic mass is 10.4. The van der Waals surface area contributed by atoms with Gasteiger partial charge in [0.15, 0.2) is 16.6 Å². The maximum atomic E-state index is 9.33. The van der Waals surface area contributed by atoms with Crippen LogP contribution in [0.5, 0.6) is 0 Å². The number of hydrogen-bond donors (Lipinski definition) is 4. The summed E-state index contributed by atoms with van der Waals surface area (Å²) >= 11 is 0. The highest BCUT2D eigenvalue weighted by Gasteiger charge is 2.43. The number of aliphatic hydroxyl groups excluding tert-OH is 4. The van der Waals surface area contributed by atoms with E-state index in [0.717, 1.165) is 24.9 Å². The molecule has 9 nitrogen and oxygen atoms in total. The van der Waals surface area contributed by atoms with Crippen LogP contribution < -0.4 is 0 Å². The second kappa shape index (κ2) is 15.6. The monoisotopic (exact) mass is 546 g/mol. The Bertz CT molecular complexity index is 478. The van der Waals surface area contributed by atoms with E-state index in [1.165, 1.54) is 0 Å². The Balaban J connectivity index is 4.49. The first-order chi connectivity index (χ1) is 15.0. The summed E-state index contributed by atoms with van der Waals surface area (Å²) in [4.78, 5) is 0. The Kier molecular flexibility index (Phi) is 15.8. The van der Waals surface area contributed by atoms with E-state index in [9.17, 15) is 10.2 Å². The van der Waals surface area contributed by atoms with Gasteiger partial charge in [-0.15, -0.1) is 0 Å². The van der Waals surface area contributed by atoms with E-state index in [2.05, 4.69) is 52.4 Å². The summed E-state index contributed by atoms with van der Waals surface area (Å²) in [6.45, 7) is 17.9. The van der Waals surface area contributed by atoms with Crippen LogP contribution in [0.15, 0.2) is 0 Å². The Labute approximate surface area is 205 Å². The van der Waals surface area contributed by atoms with Crippen molar-refractivity contribution in [3.8, 4) is 0 Å². The van der Waals surface area contributed by atoms with Crippen LogP contribution in [0.1, 0.15) is 12.8 Å². The minimum absolute atomic E-state index is 0.149. The van der Waals surface area contributed by atoms with Crippen molar-refractivity contribution in [2.24, 2.45) is 0 Å². The molecule has 13 heteroatoms. The fourth-order valence-corrected chi connectivity index (χ4v) is 23.1. The lowest BCUT2D eigenvalue weighted by Crippen LogP contribution is -2.56. The highest BCUT2D eigenvalue weighted by molar-refractivity contribution is 6.89. The average Bonchev–Trinajstić information content (AvgIpc) is 2.63. The summed E-state index contributed by atoms with van der Waals surface area (Å²) in [6.07, 6.45) is 0.0448. The van der Waals surface area contributed by atoms with E-state index in [1.54, 1.807) is 0 Å². The van der Waals surface area contributed by atoms with Crippen molar-refractivity contribution < 1.29 is 42.2 Å². The molecule has 0 amide bonds. The van der Waals surface area contributed by atoms with Crippen molar-refractivity contribution in [3.05, 3.63) is 0 Å². The van der Waals surface area contributed by atoms with Gasteiger partial charge in [0.05, 0.1) is 26.4 Å². The zero-order valence-corrected chi connectivity index (χ0v) is 26.1. The molecule has 0 aromatic carbocycles. The first-order valence-corrected chi connectivity index (χ1v) is 23.7. The van der Waals surface area contributed by atoms with Crippen LogP contribution in [0, 0.1) is 0 Å². The molecule has 0 aromatic heterocycles. The van der Waals surface area contributed by atoms with Gasteiger partial charge in [0.2, 0.25) is 0 Å². The van der Waals surface area contributed by atoms with Crippen molar-refractivity contribution in [1.82, 2.24) is 0 Å². The molecule has 0 saturated carbocycles. The lowest BCUT2D eigenvalue weighted by molar-refractivity contribution is 0.00637. The van der Waals surface area contributed by atoms with Crippen molar-refractivity contribution in [2.75, 3.05) is 39.6 Å². The summed E-state index contributed by atoms with van der Waals surface area (Å²) in [6, 6.07) is 1.85. The van der Waals surface area contributed by atoms with Gasteiger partial charge in [0.1, 0.15) is 12.2 Å². The van der Waals surface area contributed by atoms with Gasteiger partial charge in [-0.05, 0) is 77.3 Å². The van der Waals surface area contributed by atoms with Crippen LogP contribution in [0.3, 0.4) is 0 Å². The van der Waals surface area contributed by atoms with E-state index < -0.39 is 46.0 Å². The highest BCUT2D eigenvalue weighted by Crippen LogP contribution is 2.27. The SMILES string of the molecule is C[Si](C)(CCCOCC(O)CO)O[Si](C)(C)O[Si](C)(C)O[Si](C)(C)CCCOCC(O)CO. The van der Waals surface area contributed by atoms with Gasteiger partial charge in [0.25, 0.3) is 0 Å². The second-order valence-corrected chi connectivity index (χ2v) is 26.7. The maximum absolute atomic E-state index is 9.33. The van der Waals surface area contributed by atoms with Crippen LogP contribution in [-0.4, -0.2) is 106 Å². The number of rotatable bonds is 20. The molecule has 0 saturated heterocycles. The topological polar surface area (TPSA) is 127 Å². The van der Waals surface area contributed by atoms with Gasteiger partial charge < -0.3 is 42.2 Å². The third kappa shape index (κ3) is 18.4. The molecule has 0 radical (unpaired) electrons. The van der Waals surface area contributed by atoms with Crippen LogP contribution in [-0.2, 0) is 21.8 Å². The summed E-state index contributed by atoms with van der Waals surface area (Å²) in [5.74, 6) is 0. The first kappa shape index (κ1) is 33.5. The average molecular weight is 547 g/mol. The van der Waals surface area contributed by atoms with Gasteiger partial charge in [-0.1, -0.05) is 0 Å². The summed E-state index contributed by atoms with van der Waals surface area (Å²) in [5, 5.41) is 36.3. The minimum Gasteiger partial charge on any atom is -0.436 e. The molecule has 0 fully saturated rings. The molecule has 0 bridgehead atoms. The minimum atomic E-state index is -2.40. The van der Waals surface area contributed by atoms with Gasteiger partial charge in [-0.25, -0.2) is 0 Å². The van der Waals surface area contributed by atoms with Crippen LogP contribution >= 0.6 is 0 Å². The van der Waals surface area contributed by atoms with Crippen molar-refractivity contribution in [1.29, 1.82) is 0 Å². The van der Waals surface area contributed by atoms with E-state index in [0.29, 0.717) is 13.2 Å². The molecule has 0 aliphatic carbocycles. The van der Waals surface area contributed by atoms with E-state index in [4.69, 9.17) is 32.0 Å². The normalized spacial score (nSPS) is 15.6. The second-order valence-electron chi connectivity index (χ2n) is 10.7. The molecule has 0 aliphatic rings. The number of aliphatic hydroxyl groups is 4. The molecular weight excluding hydrogens is 497 g/mol. The zero-order valence-electron chi connectivity index (χ0n) is 22.1. The molecule has 0 heterocycles. The standard InChI is InChI=1S/C20H50O9Si4/c1-30(2,13-9-11-25-17-19(23)15-21)27-32(5,6)29-33(7,8)28-31(3,4)14-10-12-26-18-20(24)16-22/h19-24H,9-18H2,1-8H3. The molecule has 0 spiro atoms. The molecule has 4 N–H and O–H groups in total. The third-order valence-corrected chi connectivity index (χ3v) is 20.1. The Morgan fingerprint density at radius 1 is 0.576 bits per heavy atom. The maximum Gasteiger partial charge on any atom is 0.312 e.